The summed E-state index contributed by atoms with van der Waals surface area (Å²) in [5.74, 6) is 0.686. The van der Waals surface area contributed by atoms with Gasteiger partial charge in [0.1, 0.15) is 28.3 Å². The van der Waals surface area contributed by atoms with E-state index in [9.17, 15) is 25.6 Å². The summed E-state index contributed by atoms with van der Waals surface area (Å²) in [6.45, 7) is 4.57. The first-order valence-electron chi connectivity index (χ1n) is 18.5. The van der Waals surface area contributed by atoms with Crippen LogP contribution in [0.3, 0.4) is 0 Å². The fourth-order valence-electron chi connectivity index (χ4n) is 6.09. The highest BCUT2D eigenvalue weighted by Gasteiger charge is 2.22. The summed E-state index contributed by atoms with van der Waals surface area (Å²) in [4.78, 5) is 8.20. The minimum absolute atomic E-state index is 0. The van der Waals surface area contributed by atoms with Crippen LogP contribution in [0.15, 0.2) is 132 Å². The molecule has 13 nitrogen and oxygen atoms in total. The summed E-state index contributed by atoms with van der Waals surface area (Å²) in [5, 5.41) is 9.19. The van der Waals surface area contributed by atoms with Crippen LogP contribution in [0.25, 0.3) is 21.8 Å². The Balaban J connectivity index is 0.000000195. The van der Waals surface area contributed by atoms with Crippen LogP contribution in [0.2, 0.25) is 5.15 Å². The number of hydrogen-bond acceptors (Lipinski definition) is 11. The third-order valence-electron chi connectivity index (χ3n) is 9.30. The standard InChI is InChI=1S/C22H20FN3O3S.C12H7ClFN3O2S.C9H13NO.CH4/c1-15-3-4-16(22(11-15)29-2)5-8-19-12-21-17(13-24-19)14-25-26(21)30(27,28)20-9-6-18(23)7-10-20;13-12-5-11-8(6-15-12)7-16-17(11)20(18,19)10-3-1-9(14)2-4-10;1-7-3-4-8(6-10)9(5-7)11-2;/h3-4,6-7,9-14H,5,8H2,1-2H3;1-7H;3-5H,6,10H2,1-2H3;1H4. The summed E-state index contributed by atoms with van der Waals surface area (Å²) in [6.07, 6.45) is 7.18. The number of rotatable bonds is 10. The molecule has 8 aromatic rings. The minimum Gasteiger partial charge on any atom is -0.496 e. The zero-order valence-electron chi connectivity index (χ0n) is 33.3. The van der Waals surface area contributed by atoms with E-state index in [0.29, 0.717) is 41.2 Å². The van der Waals surface area contributed by atoms with E-state index in [-0.39, 0.29) is 22.4 Å². The molecule has 8 rings (SSSR count). The van der Waals surface area contributed by atoms with Crippen molar-refractivity contribution in [1.82, 2.24) is 28.3 Å². The molecule has 0 aliphatic carbocycles. The summed E-state index contributed by atoms with van der Waals surface area (Å²) < 4.78 is 89.3. The van der Waals surface area contributed by atoms with Crippen molar-refractivity contribution in [2.24, 2.45) is 5.73 Å². The van der Waals surface area contributed by atoms with Gasteiger partial charge in [0.05, 0.1) is 47.4 Å². The summed E-state index contributed by atoms with van der Waals surface area (Å²) in [6, 6.07) is 24.4. The molecule has 324 valence electrons. The zero-order valence-corrected chi connectivity index (χ0v) is 35.7. The van der Waals surface area contributed by atoms with Gasteiger partial charge in [-0.2, -0.15) is 35.2 Å². The number of nitrogens with zero attached hydrogens (tertiary/aromatic N) is 6. The highest BCUT2D eigenvalue weighted by molar-refractivity contribution is 7.90. The lowest BCUT2D eigenvalue weighted by atomic mass is 10.0. The molecular weight excluding hydrogens is 860 g/mol. The Morgan fingerprint density at radius 3 is 1.55 bits per heavy atom. The van der Waals surface area contributed by atoms with E-state index < -0.39 is 31.7 Å². The molecule has 0 spiro atoms. The Morgan fingerprint density at radius 1 is 0.613 bits per heavy atom. The van der Waals surface area contributed by atoms with Crippen molar-refractivity contribution in [3.05, 3.63) is 167 Å². The lowest BCUT2D eigenvalue weighted by molar-refractivity contribution is 0.409. The maximum atomic E-state index is 13.2. The van der Waals surface area contributed by atoms with Gasteiger partial charge >= 0.3 is 0 Å². The van der Waals surface area contributed by atoms with Gasteiger partial charge < -0.3 is 15.2 Å². The number of halogens is 3. The number of hydrogen-bond donors (Lipinski definition) is 1. The van der Waals surface area contributed by atoms with Crippen molar-refractivity contribution in [2.75, 3.05) is 14.2 Å². The van der Waals surface area contributed by atoms with Gasteiger partial charge in [-0.3, -0.25) is 4.98 Å². The molecule has 0 unspecified atom stereocenters. The first-order chi connectivity index (χ1) is 29.1. The Kier molecular flexibility index (Phi) is 15.1. The van der Waals surface area contributed by atoms with Gasteiger partial charge in [0.2, 0.25) is 0 Å². The lowest BCUT2D eigenvalue weighted by Crippen LogP contribution is -2.14. The van der Waals surface area contributed by atoms with Crippen LogP contribution in [-0.4, -0.2) is 59.4 Å². The topological polar surface area (TPSA) is 174 Å². The molecule has 0 saturated heterocycles. The van der Waals surface area contributed by atoms with Crippen LogP contribution in [-0.2, 0) is 39.4 Å². The van der Waals surface area contributed by atoms with E-state index in [1.807, 2.05) is 50.2 Å². The minimum atomic E-state index is -3.95. The third-order valence-corrected chi connectivity index (χ3v) is 12.7. The first-order valence-corrected chi connectivity index (χ1v) is 21.7. The molecule has 0 saturated carbocycles. The number of ether oxygens (including phenoxy) is 2. The van der Waals surface area contributed by atoms with Crippen LogP contribution >= 0.6 is 11.6 Å². The van der Waals surface area contributed by atoms with Crippen molar-refractivity contribution in [3.63, 3.8) is 0 Å². The third kappa shape index (κ3) is 10.6. The number of methoxy groups -OCH3 is 2. The quantitative estimate of drug-likeness (QED) is 0.130. The van der Waals surface area contributed by atoms with Crippen LogP contribution in [0.1, 0.15) is 35.4 Å². The lowest BCUT2D eigenvalue weighted by Gasteiger charge is -2.10. The molecule has 0 aliphatic heterocycles. The maximum Gasteiger partial charge on any atom is 0.283 e. The van der Waals surface area contributed by atoms with Crippen molar-refractivity contribution >= 4 is 53.5 Å². The fraction of sp³-hybridized carbons (Fsp3) is 0.182. The summed E-state index contributed by atoms with van der Waals surface area (Å²) in [7, 11) is -4.55. The monoisotopic (exact) mass is 903 g/mol. The van der Waals surface area contributed by atoms with Crippen LogP contribution < -0.4 is 15.2 Å². The maximum absolute atomic E-state index is 13.2. The molecular formula is C44H44ClF2N7O6S2. The predicted molar refractivity (Wildman–Crippen MR) is 236 cm³/mol. The van der Waals surface area contributed by atoms with E-state index in [4.69, 9.17) is 26.8 Å². The molecule has 0 atom stereocenters. The average Bonchev–Trinajstić information content (AvgIpc) is 3.89. The molecule has 0 fully saturated rings. The van der Waals surface area contributed by atoms with Crippen LogP contribution in [0.5, 0.6) is 11.5 Å². The smallest absolute Gasteiger partial charge is 0.283 e. The molecule has 18 heteroatoms. The highest BCUT2D eigenvalue weighted by atomic mass is 35.5. The largest absolute Gasteiger partial charge is 0.496 e. The molecule has 0 bridgehead atoms. The zero-order chi connectivity index (χ0) is 43.9. The van der Waals surface area contributed by atoms with E-state index >= 15 is 0 Å². The number of fused-ring (bicyclic) bond motifs is 2. The second kappa shape index (κ2) is 20.1. The molecule has 0 amide bonds. The number of aromatic nitrogens is 6. The summed E-state index contributed by atoms with van der Waals surface area (Å²) in [5.41, 5.74) is 11.4. The van der Waals surface area contributed by atoms with Crippen molar-refractivity contribution in [1.29, 1.82) is 0 Å². The second-order valence-corrected chi connectivity index (χ2v) is 17.5. The molecule has 0 aliphatic rings. The van der Waals surface area contributed by atoms with Crippen molar-refractivity contribution in [3.8, 4) is 11.5 Å². The number of aryl methyl sites for hydroxylation is 4. The normalized spacial score (nSPS) is 11.2. The van der Waals surface area contributed by atoms with Gasteiger partial charge in [-0.25, -0.2) is 13.8 Å². The van der Waals surface area contributed by atoms with E-state index in [2.05, 4.69) is 20.2 Å². The molecule has 2 N–H and O–H groups in total. The molecule has 62 heavy (non-hydrogen) atoms. The van der Waals surface area contributed by atoms with Gasteiger partial charge in [-0.05, 0) is 110 Å². The Labute approximate surface area is 363 Å². The van der Waals surface area contributed by atoms with Crippen LogP contribution in [0.4, 0.5) is 8.78 Å². The highest BCUT2D eigenvalue weighted by Crippen LogP contribution is 2.25. The number of nitrogens with two attached hydrogens (primary N) is 1. The van der Waals surface area contributed by atoms with Crippen molar-refractivity contribution < 1.29 is 35.1 Å². The molecule has 4 heterocycles. The Bertz CT molecular complexity index is 3040. The van der Waals surface area contributed by atoms with Gasteiger partial charge in [0.25, 0.3) is 20.0 Å². The van der Waals surface area contributed by atoms with E-state index in [1.54, 1.807) is 26.5 Å². The van der Waals surface area contributed by atoms with Gasteiger partial charge in [-0.1, -0.05) is 43.3 Å². The first kappa shape index (κ1) is 46.8. The Morgan fingerprint density at radius 2 is 1.06 bits per heavy atom. The van der Waals surface area contributed by atoms with Gasteiger partial charge in [-0.15, -0.1) is 0 Å². The van der Waals surface area contributed by atoms with E-state index in [0.717, 1.165) is 66.3 Å². The summed E-state index contributed by atoms with van der Waals surface area (Å²) >= 11 is 5.77. The molecule has 0 radical (unpaired) electrons. The molecule has 4 aromatic heterocycles. The van der Waals surface area contributed by atoms with Gasteiger partial charge in [0, 0.05) is 47.0 Å². The Hall–Kier alpha value is -6.27. The number of benzene rings is 4. The van der Waals surface area contributed by atoms with Gasteiger partial charge in [0.15, 0.2) is 0 Å². The SMILES string of the molecule is C.COc1cc(C)ccc1CCc1cc2c(cn1)cnn2S(=O)(=O)c1ccc(F)cc1.COc1cc(C)ccc1CN.O=S(=O)(c1ccc(F)cc1)n1ncc2cnc(Cl)cc21. The predicted octanol–water partition coefficient (Wildman–Crippen LogP) is 8.47. The fourth-order valence-corrected chi connectivity index (χ4v) is 8.77. The average molecular weight is 904 g/mol. The number of pyridine rings is 2. The second-order valence-electron chi connectivity index (χ2n) is 13.5. The molecule has 4 aromatic carbocycles. The van der Waals surface area contributed by atoms with Crippen LogP contribution in [0, 0.1) is 25.5 Å². The van der Waals surface area contributed by atoms with E-state index in [1.165, 1.54) is 54.5 Å². The van der Waals surface area contributed by atoms with Crippen molar-refractivity contribution in [2.45, 2.75) is 50.5 Å².